The van der Waals surface area contributed by atoms with Gasteiger partial charge < -0.3 is 41.0 Å². The highest BCUT2D eigenvalue weighted by molar-refractivity contribution is 5.91. The number of likely N-dealkylation sites (tertiary alicyclic amines) is 1. The van der Waals surface area contributed by atoms with Gasteiger partial charge in [0.2, 0.25) is 5.91 Å². The highest BCUT2D eigenvalue weighted by atomic mass is 16.6. The van der Waals surface area contributed by atoms with Crippen molar-refractivity contribution in [2.45, 2.75) is 102 Å². The first kappa shape index (κ1) is 38.4. The van der Waals surface area contributed by atoms with E-state index in [1.54, 1.807) is 45.7 Å². The number of H-pyrrole nitrogens is 3. The number of nitrogens with one attached hydrogen (secondary N) is 5. The van der Waals surface area contributed by atoms with E-state index in [0.29, 0.717) is 69.7 Å². The van der Waals surface area contributed by atoms with E-state index in [1.807, 2.05) is 59.3 Å². The molecule has 4 heterocycles. The van der Waals surface area contributed by atoms with Crippen LogP contribution >= 0.6 is 0 Å². The number of amides is 3. The Hall–Kier alpha value is -5.37. The number of nitrogens with zero attached hydrogens (tertiary/aromatic N) is 3. The number of urea groups is 1. The molecule has 0 spiro atoms. The van der Waals surface area contributed by atoms with Crippen molar-refractivity contribution in [2.75, 3.05) is 19.6 Å². The van der Waals surface area contributed by atoms with Crippen molar-refractivity contribution >= 4 is 39.8 Å². The third kappa shape index (κ3) is 8.54. The van der Waals surface area contributed by atoms with Crippen LogP contribution in [0.15, 0.2) is 65.7 Å². The van der Waals surface area contributed by atoms with Gasteiger partial charge in [0.15, 0.2) is 0 Å². The molecule has 1 saturated heterocycles. The second-order valence-electron chi connectivity index (χ2n) is 15.8. The Morgan fingerprint density at radius 3 is 2.39 bits per heavy atom. The number of aromatic nitrogens is 5. The van der Waals surface area contributed by atoms with Crippen molar-refractivity contribution < 1.29 is 19.1 Å². The molecule has 1 aliphatic rings. The largest absolute Gasteiger partial charge is 0.458 e. The molecule has 3 amide bonds. The van der Waals surface area contributed by atoms with E-state index in [4.69, 9.17) is 15.5 Å². The van der Waals surface area contributed by atoms with Gasteiger partial charge in [0.05, 0.1) is 22.5 Å². The molecule has 14 nitrogen and oxygen atoms in total. The molecule has 0 radical (unpaired) electrons. The number of para-hydroxylation sites is 3. The Labute approximate surface area is 314 Å². The van der Waals surface area contributed by atoms with Crippen LogP contribution in [0.3, 0.4) is 0 Å². The molecular formula is C40H53N9O5. The van der Waals surface area contributed by atoms with Crippen LogP contribution in [0.4, 0.5) is 4.79 Å². The lowest BCUT2D eigenvalue weighted by Crippen LogP contribution is -2.50. The number of carbonyl (C=O) groups is 3. The van der Waals surface area contributed by atoms with Gasteiger partial charge in [-0.15, -0.1) is 0 Å². The van der Waals surface area contributed by atoms with Crippen LogP contribution in [-0.4, -0.2) is 78.6 Å². The lowest BCUT2D eigenvalue weighted by molar-refractivity contribution is -0.159. The van der Waals surface area contributed by atoms with E-state index in [1.165, 1.54) is 0 Å². The number of fused-ring (bicyclic) bond motifs is 2. The van der Waals surface area contributed by atoms with Crippen LogP contribution in [0, 0.1) is 0 Å². The molecule has 0 bridgehead atoms. The fraction of sp³-hybridized carbons (Fsp3) is 0.475. The van der Waals surface area contributed by atoms with Gasteiger partial charge >= 0.3 is 17.7 Å². The highest BCUT2D eigenvalue weighted by Gasteiger charge is 2.37. The highest BCUT2D eigenvalue weighted by Crippen LogP contribution is 2.29. The van der Waals surface area contributed by atoms with Gasteiger partial charge in [-0.05, 0) is 97.0 Å². The van der Waals surface area contributed by atoms with E-state index in [0.717, 1.165) is 27.5 Å². The van der Waals surface area contributed by atoms with Crippen molar-refractivity contribution in [3.63, 3.8) is 0 Å². The number of nitrogens with two attached hydrogens (primary N) is 1. The van der Waals surface area contributed by atoms with Crippen LogP contribution in [0.5, 0.6) is 0 Å². The smallest absolute Gasteiger partial charge is 0.329 e. The quantitative estimate of drug-likeness (QED) is 0.0714. The molecule has 0 saturated carbocycles. The van der Waals surface area contributed by atoms with Crippen molar-refractivity contribution in [2.24, 2.45) is 5.73 Å². The number of carbonyl (C=O) groups excluding carboxylic acids is 3. The van der Waals surface area contributed by atoms with E-state index in [-0.39, 0.29) is 23.7 Å². The zero-order valence-electron chi connectivity index (χ0n) is 31.8. The molecule has 14 heteroatoms. The van der Waals surface area contributed by atoms with Crippen LogP contribution in [-0.2, 0) is 26.2 Å². The SMILES string of the molecule is CC(C)(C)OC(=O)[C@@H](CCCCN)NC(=O)C(C)(C)c1cnc([C@@H](Cc2c[nH]c3ccccc23)NC(=O)N2CCC(n3c(=O)[nH]c4ccccc43)CC2)[nH]1. The Morgan fingerprint density at radius 1 is 0.963 bits per heavy atom. The topological polar surface area (TPSA) is 196 Å². The molecule has 0 aliphatic carbocycles. The summed E-state index contributed by atoms with van der Waals surface area (Å²) in [6.07, 6.45) is 7.02. The first-order valence-electron chi connectivity index (χ1n) is 18.8. The minimum absolute atomic E-state index is 0.0312. The first-order valence-corrected chi connectivity index (χ1v) is 18.8. The molecule has 2 aromatic carbocycles. The maximum Gasteiger partial charge on any atom is 0.329 e. The van der Waals surface area contributed by atoms with Gasteiger partial charge in [0, 0.05) is 54.5 Å². The predicted molar refractivity (Wildman–Crippen MR) is 208 cm³/mol. The van der Waals surface area contributed by atoms with E-state index in [2.05, 4.69) is 25.6 Å². The number of imidazole rings is 2. The Morgan fingerprint density at radius 2 is 1.67 bits per heavy atom. The van der Waals surface area contributed by atoms with Gasteiger partial charge in [0.1, 0.15) is 17.5 Å². The molecular weight excluding hydrogens is 686 g/mol. The summed E-state index contributed by atoms with van der Waals surface area (Å²) in [5.41, 5.74) is 7.90. The maximum absolute atomic E-state index is 13.9. The summed E-state index contributed by atoms with van der Waals surface area (Å²) in [4.78, 5) is 69.8. The second-order valence-corrected chi connectivity index (χ2v) is 15.8. The third-order valence-electron chi connectivity index (χ3n) is 10.2. The number of hydrogen-bond acceptors (Lipinski definition) is 7. The number of unbranched alkanes of at least 4 members (excludes halogenated alkanes) is 1. The first-order chi connectivity index (χ1) is 25.7. The number of ether oxygens (including phenoxy) is 1. The summed E-state index contributed by atoms with van der Waals surface area (Å²) < 4.78 is 7.44. The van der Waals surface area contributed by atoms with Crippen molar-refractivity contribution in [1.29, 1.82) is 0 Å². The molecule has 288 valence electrons. The van der Waals surface area contributed by atoms with Crippen LogP contribution in [0.1, 0.15) is 95.9 Å². The number of rotatable bonds is 13. The van der Waals surface area contributed by atoms with E-state index >= 15 is 0 Å². The third-order valence-corrected chi connectivity index (χ3v) is 10.2. The van der Waals surface area contributed by atoms with Crippen LogP contribution in [0.25, 0.3) is 21.9 Å². The summed E-state index contributed by atoms with van der Waals surface area (Å²) in [5, 5.41) is 7.19. The van der Waals surface area contributed by atoms with Crippen molar-refractivity contribution in [3.8, 4) is 0 Å². The molecule has 3 aromatic heterocycles. The van der Waals surface area contributed by atoms with Gasteiger partial charge in [-0.3, -0.25) is 9.36 Å². The number of hydrogen-bond donors (Lipinski definition) is 6. The van der Waals surface area contributed by atoms with Crippen LogP contribution < -0.4 is 22.1 Å². The monoisotopic (exact) mass is 739 g/mol. The number of aromatic amines is 3. The standard InChI is InChI=1S/C40H53N9O5/c1-39(2,3)54-35(50)30(15-10-11-19-41)44-36(51)40(4,5)33-24-43-34(47-33)31(22-25-23-42-28-13-7-6-12-27(25)28)46-37(52)48-20-17-26(18-21-48)49-32-16-9-8-14-29(32)45-38(49)53/h6-9,12-14,16,23-24,26,30-31,42H,10-11,15,17-22,41H2,1-5H3,(H,43,47)(H,44,51)(H,45,53)(H,46,52)/t30-,31-/m1/s1. The zero-order chi connectivity index (χ0) is 38.6. The summed E-state index contributed by atoms with van der Waals surface area (Å²) in [7, 11) is 0. The van der Waals surface area contributed by atoms with E-state index < -0.39 is 29.1 Å². The van der Waals surface area contributed by atoms with Gasteiger partial charge in [-0.1, -0.05) is 30.3 Å². The fourth-order valence-corrected chi connectivity index (χ4v) is 7.15. The summed E-state index contributed by atoms with van der Waals surface area (Å²) in [6, 6.07) is 14.0. The second kappa shape index (κ2) is 15.9. The number of piperidine rings is 1. The Balaban J connectivity index is 1.20. The van der Waals surface area contributed by atoms with Gasteiger partial charge in [0.25, 0.3) is 0 Å². The fourth-order valence-electron chi connectivity index (χ4n) is 7.15. The van der Waals surface area contributed by atoms with Crippen molar-refractivity contribution in [1.82, 2.24) is 40.0 Å². The summed E-state index contributed by atoms with van der Waals surface area (Å²) in [5.74, 6) is -0.361. The molecule has 1 aliphatic heterocycles. The molecule has 5 aromatic rings. The van der Waals surface area contributed by atoms with Gasteiger partial charge in [-0.2, -0.15) is 0 Å². The Bertz CT molecular complexity index is 2140. The minimum Gasteiger partial charge on any atom is -0.458 e. The lowest BCUT2D eigenvalue weighted by Gasteiger charge is -2.33. The lowest BCUT2D eigenvalue weighted by atomic mass is 9.88. The summed E-state index contributed by atoms with van der Waals surface area (Å²) in [6.45, 7) is 10.3. The Kier molecular flexibility index (Phi) is 11.3. The summed E-state index contributed by atoms with van der Waals surface area (Å²) >= 11 is 0. The van der Waals surface area contributed by atoms with Crippen molar-refractivity contribution in [3.05, 3.63) is 88.5 Å². The molecule has 54 heavy (non-hydrogen) atoms. The molecule has 0 unspecified atom stereocenters. The number of benzene rings is 2. The number of esters is 1. The zero-order valence-corrected chi connectivity index (χ0v) is 31.8. The predicted octanol–water partition coefficient (Wildman–Crippen LogP) is 5.10. The minimum atomic E-state index is -1.11. The molecule has 2 atom stereocenters. The average Bonchev–Trinajstić information content (AvgIpc) is 3.88. The molecule has 1 fully saturated rings. The van der Waals surface area contributed by atoms with Gasteiger partial charge in [-0.25, -0.2) is 19.4 Å². The maximum atomic E-state index is 13.9. The average molecular weight is 740 g/mol. The normalized spacial score (nSPS) is 15.3. The van der Waals surface area contributed by atoms with Crippen LogP contribution in [0.2, 0.25) is 0 Å². The molecule has 6 rings (SSSR count). The van der Waals surface area contributed by atoms with E-state index in [9.17, 15) is 19.2 Å². The molecule has 7 N–H and O–H groups in total.